The fourth-order valence-electron chi connectivity index (χ4n) is 2.18. The third-order valence-electron chi connectivity index (χ3n) is 3.36. The van der Waals surface area contributed by atoms with Gasteiger partial charge in [0.2, 0.25) is 0 Å². The lowest BCUT2D eigenvalue weighted by atomic mass is 10.0. The number of carbonyl (C=O) groups is 1. The van der Waals surface area contributed by atoms with E-state index in [1.807, 2.05) is 13.8 Å². The van der Waals surface area contributed by atoms with Crippen LogP contribution in [0, 0.1) is 10.1 Å². The van der Waals surface area contributed by atoms with Crippen molar-refractivity contribution >= 4 is 5.91 Å². The van der Waals surface area contributed by atoms with Gasteiger partial charge in [-0.15, -0.1) is 0 Å². The highest BCUT2D eigenvalue weighted by Gasteiger charge is 2.59. The fourth-order valence-corrected chi connectivity index (χ4v) is 2.18. The van der Waals surface area contributed by atoms with Gasteiger partial charge in [0.25, 0.3) is 11.6 Å². The molecule has 0 aromatic carbocycles. The van der Waals surface area contributed by atoms with Gasteiger partial charge in [-0.25, -0.2) is 0 Å². The zero-order chi connectivity index (χ0) is 13.5. The molecule has 0 bridgehead atoms. The predicted octanol–water partition coefficient (Wildman–Crippen LogP) is -0.780. The second-order valence-corrected chi connectivity index (χ2v) is 4.80. The average molecular weight is 255 g/mol. The molecule has 0 aromatic rings. The summed E-state index contributed by atoms with van der Waals surface area (Å²) in [4.78, 5) is 24.1. The van der Waals surface area contributed by atoms with Crippen LogP contribution >= 0.6 is 0 Å². The maximum atomic E-state index is 11.8. The number of hydrazine groups is 1. The van der Waals surface area contributed by atoms with Crippen LogP contribution in [0.25, 0.3) is 0 Å². The van der Waals surface area contributed by atoms with Gasteiger partial charge in [0.15, 0.2) is 0 Å². The second kappa shape index (κ2) is 4.21. The number of hydrogen-bond acceptors (Lipinski definition) is 6. The van der Waals surface area contributed by atoms with E-state index in [4.69, 9.17) is 5.73 Å². The topological polar surface area (TPSA) is 105 Å². The van der Waals surface area contributed by atoms with Crippen molar-refractivity contribution < 1.29 is 9.72 Å². The van der Waals surface area contributed by atoms with Crippen LogP contribution in [-0.4, -0.2) is 45.5 Å². The fraction of sp³-hybridized carbons (Fsp3) is 0.700. The van der Waals surface area contributed by atoms with E-state index in [0.29, 0.717) is 13.1 Å². The monoisotopic (exact) mass is 255 g/mol. The van der Waals surface area contributed by atoms with Crippen LogP contribution in [0.5, 0.6) is 0 Å². The van der Waals surface area contributed by atoms with Crippen molar-refractivity contribution in [2.24, 2.45) is 5.73 Å². The zero-order valence-electron chi connectivity index (χ0n) is 10.4. The van der Waals surface area contributed by atoms with Gasteiger partial charge in [-0.05, 0) is 20.3 Å². The van der Waals surface area contributed by atoms with E-state index in [0.717, 1.165) is 6.42 Å². The third kappa shape index (κ3) is 1.65. The number of nitrogens with one attached hydrogen (secondary N) is 1. The Balaban J connectivity index is 2.42. The quantitative estimate of drug-likeness (QED) is 0.504. The van der Waals surface area contributed by atoms with Gasteiger partial charge in [-0.3, -0.25) is 19.8 Å². The van der Waals surface area contributed by atoms with E-state index in [9.17, 15) is 14.9 Å². The molecule has 2 aliphatic rings. The SMILES string of the molecule is CC(C)N1C=C([N+](=O)[O-])C(C(N)=O)(N2CCC2)N1. The van der Waals surface area contributed by atoms with E-state index < -0.39 is 16.5 Å². The molecule has 100 valence electrons. The first kappa shape index (κ1) is 12.8. The molecule has 0 radical (unpaired) electrons. The molecule has 2 rings (SSSR count). The summed E-state index contributed by atoms with van der Waals surface area (Å²) in [5, 5.41) is 12.7. The number of primary amides is 1. The van der Waals surface area contributed by atoms with E-state index in [1.54, 1.807) is 9.91 Å². The second-order valence-electron chi connectivity index (χ2n) is 4.80. The lowest BCUT2D eigenvalue weighted by molar-refractivity contribution is -0.438. The first-order valence-electron chi connectivity index (χ1n) is 5.87. The van der Waals surface area contributed by atoms with Crippen LogP contribution in [0.2, 0.25) is 0 Å². The molecule has 0 aliphatic carbocycles. The summed E-state index contributed by atoms with van der Waals surface area (Å²) >= 11 is 0. The molecule has 0 spiro atoms. The molecule has 0 saturated carbocycles. The summed E-state index contributed by atoms with van der Waals surface area (Å²) in [5.41, 5.74) is 6.59. The molecular formula is C10H17N5O3. The smallest absolute Gasteiger partial charge is 0.309 e. The lowest BCUT2D eigenvalue weighted by Gasteiger charge is -2.43. The van der Waals surface area contributed by atoms with Gasteiger partial charge in [-0.1, -0.05) is 0 Å². The van der Waals surface area contributed by atoms with Crippen molar-refractivity contribution in [1.29, 1.82) is 0 Å². The van der Waals surface area contributed by atoms with E-state index in [1.165, 1.54) is 6.20 Å². The van der Waals surface area contributed by atoms with Crippen LogP contribution in [0.3, 0.4) is 0 Å². The molecule has 2 aliphatic heterocycles. The van der Waals surface area contributed by atoms with Crippen molar-refractivity contribution in [3.63, 3.8) is 0 Å². The maximum absolute atomic E-state index is 11.8. The lowest BCUT2D eigenvalue weighted by Crippen LogP contribution is -2.71. The highest BCUT2D eigenvalue weighted by atomic mass is 16.6. The number of carbonyl (C=O) groups excluding carboxylic acids is 1. The minimum Gasteiger partial charge on any atom is -0.366 e. The van der Waals surface area contributed by atoms with E-state index in [2.05, 4.69) is 5.43 Å². The Morgan fingerprint density at radius 2 is 2.22 bits per heavy atom. The highest BCUT2D eigenvalue weighted by Crippen LogP contribution is 2.32. The average Bonchev–Trinajstić information content (AvgIpc) is 2.56. The molecule has 2 heterocycles. The Morgan fingerprint density at radius 3 is 2.56 bits per heavy atom. The summed E-state index contributed by atoms with van der Waals surface area (Å²) < 4.78 is 0. The van der Waals surface area contributed by atoms with Crippen molar-refractivity contribution in [2.45, 2.75) is 32.0 Å². The first-order valence-corrected chi connectivity index (χ1v) is 5.87. The van der Waals surface area contributed by atoms with Gasteiger partial charge < -0.3 is 10.7 Å². The number of likely N-dealkylation sites (tertiary alicyclic amines) is 1. The van der Waals surface area contributed by atoms with Gasteiger partial charge >= 0.3 is 5.70 Å². The van der Waals surface area contributed by atoms with Crippen molar-refractivity contribution in [2.75, 3.05) is 13.1 Å². The predicted molar refractivity (Wildman–Crippen MR) is 63.3 cm³/mol. The van der Waals surface area contributed by atoms with Crippen LogP contribution in [0.1, 0.15) is 20.3 Å². The van der Waals surface area contributed by atoms with Crippen LogP contribution in [0.4, 0.5) is 0 Å². The summed E-state index contributed by atoms with van der Waals surface area (Å²) in [6.45, 7) is 4.97. The Labute approximate surface area is 105 Å². The third-order valence-corrected chi connectivity index (χ3v) is 3.36. The largest absolute Gasteiger partial charge is 0.366 e. The number of amides is 1. The Morgan fingerprint density at radius 1 is 1.61 bits per heavy atom. The number of nitrogens with two attached hydrogens (primary N) is 1. The summed E-state index contributed by atoms with van der Waals surface area (Å²) in [5.74, 6) is -0.742. The summed E-state index contributed by atoms with van der Waals surface area (Å²) in [6.07, 6.45) is 2.26. The Bertz CT molecular complexity index is 418. The van der Waals surface area contributed by atoms with Gasteiger partial charge in [0.05, 0.1) is 11.1 Å². The van der Waals surface area contributed by atoms with Gasteiger partial charge in [-0.2, -0.15) is 5.43 Å². The molecule has 1 saturated heterocycles. The zero-order valence-corrected chi connectivity index (χ0v) is 10.4. The summed E-state index contributed by atoms with van der Waals surface area (Å²) in [7, 11) is 0. The van der Waals surface area contributed by atoms with Crippen LogP contribution < -0.4 is 11.2 Å². The molecule has 1 amide bonds. The Hall–Kier alpha value is -1.67. The number of hydrogen-bond donors (Lipinski definition) is 2. The summed E-state index contributed by atoms with van der Waals surface area (Å²) in [6, 6.07) is -0.0116. The Kier molecular flexibility index (Phi) is 2.99. The molecule has 1 atom stereocenters. The molecule has 1 fully saturated rings. The van der Waals surface area contributed by atoms with Crippen molar-refractivity contribution in [3.8, 4) is 0 Å². The molecule has 8 heteroatoms. The van der Waals surface area contributed by atoms with E-state index in [-0.39, 0.29) is 11.7 Å². The highest BCUT2D eigenvalue weighted by molar-refractivity contribution is 5.88. The van der Waals surface area contributed by atoms with Gasteiger partial charge in [0.1, 0.15) is 0 Å². The minimum atomic E-state index is -1.51. The molecule has 8 nitrogen and oxygen atoms in total. The standard InChI is InChI=1S/C10H17N5O3/c1-7(2)14-6-8(15(17)18)10(12-14,9(11)16)13-4-3-5-13/h6-7,12H,3-5H2,1-2H3,(H2,11,16). The van der Waals surface area contributed by atoms with Crippen LogP contribution in [0.15, 0.2) is 11.9 Å². The van der Waals surface area contributed by atoms with Crippen molar-refractivity contribution in [3.05, 3.63) is 22.0 Å². The molecular weight excluding hydrogens is 238 g/mol. The van der Waals surface area contributed by atoms with Crippen LogP contribution in [-0.2, 0) is 4.79 Å². The minimum absolute atomic E-state index is 0.0116. The normalized spacial score (nSPS) is 28.2. The number of rotatable bonds is 4. The molecule has 1 unspecified atom stereocenters. The van der Waals surface area contributed by atoms with E-state index >= 15 is 0 Å². The number of nitro groups is 1. The molecule has 3 N–H and O–H groups in total. The van der Waals surface area contributed by atoms with Gasteiger partial charge in [0, 0.05) is 19.1 Å². The first-order chi connectivity index (χ1) is 8.39. The molecule has 0 aromatic heterocycles. The molecule has 18 heavy (non-hydrogen) atoms. The number of nitrogens with zero attached hydrogens (tertiary/aromatic N) is 3. The van der Waals surface area contributed by atoms with Crippen molar-refractivity contribution in [1.82, 2.24) is 15.3 Å². The maximum Gasteiger partial charge on any atom is 0.309 e.